The van der Waals surface area contributed by atoms with Crippen molar-refractivity contribution in [3.63, 3.8) is 0 Å². The van der Waals surface area contributed by atoms with E-state index in [1.54, 1.807) is 0 Å². The molecule has 1 aromatic heterocycles. The average molecular weight is 272 g/mol. The van der Waals surface area contributed by atoms with Gasteiger partial charge in [0, 0.05) is 18.2 Å². The molecule has 1 heterocycles. The zero-order valence-electron chi connectivity index (χ0n) is 12.1. The Hall–Kier alpha value is -2.14. The number of hydrogen-bond donors (Lipinski definition) is 2. The number of rotatable bonds is 5. The van der Waals surface area contributed by atoms with Crippen LogP contribution in [0.15, 0.2) is 27.7 Å². The lowest BCUT2D eigenvalue weighted by molar-refractivity contribution is 0.393. The van der Waals surface area contributed by atoms with Gasteiger partial charge in [0.15, 0.2) is 0 Å². The van der Waals surface area contributed by atoms with Crippen LogP contribution in [0, 0.1) is 13.8 Å². The van der Waals surface area contributed by atoms with Gasteiger partial charge in [0.1, 0.15) is 5.76 Å². The van der Waals surface area contributed by atoms with Gasteiger partial charge in [0.2, 0.25) is 0 Å². The molecule has 2 rings (SSSR count). The van der Waals surface area contributed by atoms with Crippen molar-refractivity contribution in [2.24, 2.45) is 10.7 Å². The van der Waals surface area contributed by atoms with E-state index in [4.69, 9.17) is 10.3 Å². The van der Waals surface area contributed by atoms with E-state index in [0.29, 0.717) is 6.54 Å². The summed E-state index contributed by atoms with van der Waals surface area (Å²) >= 11 is 0. The Morgan fingerprint density at radius 1 is 1.45 bits per heavy atom. The summed E-state index contributed by atoms with van der Waals surface area (Å²) in [6, 6.07) is 6.05. The van der Waals surface area contributed by atoms with Gasteiger partial charge in [-0.2, -0.15) is 0 Å². The Labute approximate surface area is 118 Å². The van der Waals surface area contributed by atoms with E-state index < -0.39 is 0 Å². The number of anilines is 1. The molecule has 106 valence electrons. The van der Waals surface area contributed by atoms with Crippen molar-refractivity contribution in [2.75, 3.05) is 11.9 Å². The third-order valence-corrected chi connectivity index (χ3v) is 3.10. The third kappa shape index (κ3) is 2.88. The van der Waals surface area contributed by atoms with Gasteiger partial charge in [-0.3, -0.25) is 4.99 Å². The summed E-state index contributed by atoms with van der Waals surface area (Å²) in [6.07, 6.45) is 0. The minimum atomic E-state index is 0.0786. The Morgan fingerprint density at radius 2 is 2.20 bits per heavy atom. The normalized spacial score (nSPS) is 12.2. The molecule has 0 bridgehead atoms. The number of nitrogens with zero attached hydrogens (tertiary/aromatic N) is 2. The summed E-state index contributed by atoms with van der Waals surface area (Å²) < 4.78 is 5.20. The first kappa shape index (κ1) is 14.3. The van der Waals surface area contributed by atoms with Gasteiger partial charge in [0.05, 0.1) is 17.1 Å². The van der Waals surface area contributed by atoms with E-state index in [2.05, 4.69) is 22.2 Å². The van der Waals surface area contributed by atoms with E-state index in [0.717, 1.165) is 34.0 Å². The average Bonchev–Trinajstić information content (AvgIpc) is 2.75. The molecule has 20 heavy (non-hydrogen) atoms. The fraction of sp³-hybridized carbons (Fsp3) is 0.333. The van der Waals surface area contributed by atoms with Crippen LogP contribution in [-0.4, -0.2) is 24.5 Å². The van der Waals surface area contributed by atoms with Gasteiger partial charge in [-0.15, -0.1) is 0 Å². The Kier molecular flexibility index (Phi) is 4.20. The van der Waals surface area contributed by atoms with Gasteiger partial charge in [-0.05, 0) is 45.2 Å². The van der Waals surface area contributed by atoms with Crippen LogP contribution in [-0.2, 0) is 0 Å². The first-order valence-electron chi connectivity index (χ1n) is 6.56. The second-order valence-electron chi connectivity index (χ2n) is 4.95. The number of aromatic nitrogens is 1. The zero-order valence-corrected chi connectivity index (χ0v) is 12.1. The molecular formula is C15H20N4O. The lowest BCUT2D eigenvalue weighted by atomic mass is 10.0. The first-order chi connectivity index (χ1) is 9.52. The number of nitrogens with one attached hydrogen (secondary N) is 1. The third-order valence-electron chi connectivity index (χ3n) is 3.10. The lowest BCUT2D eigenvalue weighted by Gasteiger charge is -2.12. The first-order valence-corrected chi connectivity index (χ1v) is 6.56. The summed E-state index contributed by atoms with van der Waals surface area (Å²) in [5, 5.41) is 7.24. The number of aryl methyl sites for hydroxylation is 2. The highest BCUT2D eigenvalue weighted by Crippen LogP contribution is 2.33. The molecule has 0 saturated carbocycles. The second kappa shape index (κ2) is 5.88. The van der Waals surface area contributed by atoms with E-state index >= 15 is 0 Å². The van der Waals surface area contributed by atoms with Gasteiger partial charge < -0.3 is 15.6 Å². The molecule has 5 nitrogen and oxygen atoms in total. The maximum atomic E-state index is 5.75. The highest BCUT2D eigenvalue weighted by atomic mass is 16.5. The molecule has 1 aromatic carbocycles. The molecular weight excluding hydrogens is 252 g/mol. The molecule has 0 radical (unpaired) electrons. The van der Waals surface area contributed by atoms with Crippen LogP contribution in [0.4, 0.5) is 11.4 Å². The van der Waals surface area contributed by atoms with E-state index in [9.17, 15) is 0 Å². The number of hydrogen-bond acceptors (Lipinski definition) is 5. The lowest BCUT2D eigenvalue weighted by Crippen LogP contribution is -2.25. The Morgan fingerprint density at radius 3 is 2.75 bits per heavy atom. The summed E-state index contributed by atoms with van der Waals surface area (Å²) in [7, 11) is 0. The second-order valence-corrected chi connectivity index (χ2v) is 4.95. The quantitative estimate of drug-likeness (QED) is 0.820. The van der Waals surface area contributed by atoms with Gasteiger partial charge in [0.25, 0.3) is 0 Å². The maximum Gasteiger partial charge on any atom is 0.141 e. The molecule has 2 aromatic rings. The van der Waals surface area contributed by atoms with Gasteiger partial charge in [-0.1, -0.05) is 11.2 Å². The highest BCUT2D eigenvalue weighted by molar-refractivity contribution is 5.78. The van der Waals surface area contributed by atoms with Crippen LogP contribution in [0.5, 0.6) is 0 Å². The molecule has 3 N–H and O–H groups in total. The molecule has 0 aliphatic carbocycles. The zero-order chi connectivity index (χ0) is 14.7. The molecule has 0 amide bonds. The molecule has 0 saturated heterocycles. The monoisotopic (exact) mass is 272 g/mol. The summed E-state index contributed by atoms with van der Waals surface area (Å²) in [4.78, 5) is 4.07. The van der Waals surface area contributed by atoms with Crippen LogP contribution in [0.3, 0.4) is 0 Å². The predicted octanol–water partition coefficient (Wildman–Crippen LogP) is 3.05. The largest absolute Gasteiger partial charge is 0.382 e. The Bertz CT molecular complexity index is 597. The van der Waals surface area contributed by atoms with Crippen molar-refractivity contribution in [1.82, 2.24) is 5.16 Å². The highest BCUT2D eigenvalue weighted by Gasteiger charge is 2.13. The van der Waals surface area contributed by atoms with Crippen LogP contribution < -0.4 is 11.1 Å². The fourth-order valence-corrected chi connectivity index (χ4v) is 2.13. The molecule has 0 aliphatic rings. The topological polar surface area (TPSA) is 76.4 Å². The van der Waals surface area contributed by atoms with Crippen molar-refractivity contribution >= 4 is 18.1 Å². The molecule has 1 atom stereocenters. The van der Waals surface area contributed by atoms with E-state index in [1.807, 2.05) is 39.0 Å². The van der Waals surface area contributed by atoms with E-state index in [1.165, 1.54) is 0 Å². The fourth-order valence-electron chi connectivity index (χ4n) is 2.13. The summed E-state index contributed by atoms with van der Waals surface area (Å²) in [6.45, 7) is 10.1. The van der Waals surface area contributed by atoms with Crippen molar-refractivity contribution < 1.29 is 4.52 Å². The number of nitrogens with two attached hydrogens (primary N) is 1. The van der Waals surface area contributed by atoms with Crippen molar-refractivity contribution in [2.45, 2.75) is 26.8 Å². The number of benzene rings is 1. The molecule has 0 unspecified atom stereocenters. The van der Waals surface area contributed by atoms with Crippen LogP contribution in [0.2, 0.25) is 0 Å². The standard InChI is InChI=1S/C15H20N4O/c1-9(16)8-18-13-6-5-12(7-14(13)17-4)15-10(2)19-20-11(15)3/h5-7,9,18H,4,8,16H2,1-3H3/t9-/m0/s1. The van der Waals surface area contributed by atoms with E-state index in [-0.39, 0.29) is 6.04 Å². The number of aliphatic imine (C=N–C) groups is 1. The minimum absolute atomic E-state index is 0.0786. The van der Waals surface area contributed by atoms with Crippen molar-refractivity contribution in [1.29, 1.82) is 0 Å². The minimum Gasteiger partial charge on any atom is -0.382 e. The van der Waals surface area contributed by atoms with Crippen molar-refractivity contribution in [3.8, 4) is 11.1 Å². The van der Waals surface area contributed by atoms with Crippen LogP contribution in [0.25, 0.3) is 11.1 Å². The van der Waals surface area contributed by atoms with Gasteiger partial charge in [-0.25, -0.2) is 0 Å². The summed E-state index contributed by atoms with van der Waals surface area (Å²) in [5.74, 6) is 0.800. The smallest absolute Gasteiger partial charge is 0.141 e. The van der Waals surface area contributed by atoms with Crippen molar-refractivity contribution in [3.05, 3.63) is 29.7 Å². The molecule has 0 spiro atoms. The van der Waals surface area contributed by atoms with Crippen LogP contribution in [0.1, 0.15) is 18.4 Å². The summed E-state index contributed by atoms with van der Waals surface area (Å²) in [5.41, 5.74) is 10.4. The Balaban J connectivity index is 2.37. The molecule has 0 fully saturated rings. The molecule has 0 aliphatic heterocycles. The predicted molar refractivity (Wildman–Crippen MR) is 82.8 cm³/mol. The SMILES string of the molecule is C=Nc1cc(-c2c(C)noc2C)ccc1NC[C@H](C)N. The molecule has 5 heteroatoms. The van der Waals surface area contributed by atoms with Gasteiger partial charge >= 0.3 is 0 Å². The van der Waals surface area contributed by atoms with Crippen LogP contribution >= 0.6 is 0 Å². The maximum absolute atomic E-state index is 5.75.